The van der Waals surface area contributed by atoms with Crippen molar-refractivity contribution in [3.05, 3.63) is 78.1 Å². The summed E-state index contributed by atoms with van der Waals surface area (Å²) in [6, 6.07) is 20.4. The van der Waals surface area contributed by atoms with Crippen molar-refractivity contribution in [2.45, 2.75) is 20.0 Å². The van der Waals surface area contributed by atoms with Crippen LogP contribution >= 0.6 is 0 Å². The molecule has 5 rings (SSSR count). The number of pyridine rings is 1. The van der Waals surface area contributed by atoms with E-state index < -0.39 is 0 Å². The molecular formula is C24H24N4O2. The summed E-state index contributed by atoms with van der Waals surface area (Å²) in [5.74, 6) is 1.53. The molecule has 0 saturated heterocycles. The van der Waals surface area contributed by atoms with Gasteiger partial charge in [0.25, 0.3) is 0 Å². The quantitative estimate of drug-likeness (QED) is 0.522. The minimum Gasteiger partial charge on any atom is -0.454 e. The first-order valence-electron chi connectivity index (χ1n) is 10.1. The predicted octanol–water partition coefficient (Wildman–Crippen LogP) is 4.33. The maximum absolute atomic E-state index is 6.10. The number of nitrogens with two attached hydrogens (primary N) is 1. The van der Waals surface area contributed by atoms with Crippen LogP contribution in [0.5, 0.6) is 11.5 Å². The van der Waals surface area contributed by atoms with Crippen molar-refractivity contribution in [2.24, 2.45) is 0 Å². The van der Waals surface area contributed by atoms with Gasteiger partial charge in [0.05, 0.1) is 11.4 Å². The van der Waals surface area contributed by atoms with Crippen LogP contribution in [0.1, 0.15) is 18.2 Å². The fourth-order valence-electron chi connectivity index (χ4n) is 3.87. The molecule has 1 aliphatic rings. The number of aromatic nitrogens is 2. The Kier molecular flexibility index (Phi) is 4.77. The van der Waals surface area contributed by atoms with E-state index in [1.165, 1.54) is 5.56 Å². The molecule has 3 heterocycles. The molecule has 30 heavy (non-hydrogen) atoms. The van der Waals surface area contributed by atoms with Crippen molar-refractivity contribution in [3.8, 4) is 22.8 Å². The number of ether oxygens (including phenoxy) is 2. The number of rotatable bonds is 6. The number of hydrogen-bond donors (Lipinski definition) is 1. The van der Waals surface area contributed by atoms with Gasteiger partial charge in [0.15, 0.2) is 11.5 Å². The van der Waals surface area contributed by atoms with E-state index in [0.717, 1.165) is 53.7 Å². The van der Waals surface area contributed by atoms with Crippen LogP contribution < -0.4 is 15.2 Å². The maximum Gasteiger partial charge on any atom is 0.231 e. The Bertz CT molecular complexity index is 1190. The Morgan fingerprint density at radius 2 is 1.83 bits per heavy atom. The molecule has 6 heteroatoms. The monoisotopic (exact) mass is 400 g/mol. The summed E-state index contributed by atoms with van der Waals surface area (Å²) in [4.78, 5) is 7.33. The van der Waals surface area contributed by atoms with E-state index in [1.807, 2.05) is 42.6 Å². The molecule has 2 aromatic heterocycles. The highest BCUT2D eigenvalue weighted by molar-refractivity contribution is 5.70. The van der Waals surface area contributed by atoms with Gasteiger partial charge in [0, 0.05) is 30.5 Å². The average Bonchev–Trinajstić information content (AvgIpc) is 3.38. The molecule has 0 radical (unpaired) electrons. The maximum atomic E-state index is 6.10. The number of benzene rings is 2. The first-order chi connectivity index (χ1) is 14.7. The highest BCUT2D eigenvalue weighted by atomic mass is 16.7. The third kappa shape index (κ3) is 3.46. The van der Waals surface area contributed by atoms with Crippen molar-refractivity contribution in [2.75, 3.05) is 19.1 Å². The zero-order chi connectivity index (χ0) is 20.5. The minimum atomic E-state index is 0.258. The van der Waals surface area contributed by atoms with Gasteiger partial charge in [0.2, 0.25) is 6.79 Å². The zero-order valence-electron chi connectivity index (χ0n) is 16.9. The molecular weight excluding hydrogens is 376 g/mol. The van der Waals surface area contributed by atoms with E-state index >= 15 is 0 Å². The fraction of sp³-hybridized carbons (Fsp3) is 0.208. The van der Waals surface area contributed by atoms with Crippen LogP contribution in [-0.4, -0.2) is 27.6 Å². The molecule has 0 spiro atoms. The SMILES string of the molecule is CCN(Cc1ccccc1)Cc1c(-c2ccc3c(c2)OCO3)nc2ccc(N)cn12. The van der Waals surface area contributed by atoms with Crippen LogP contribution in [0, 0.1) is 0 Å². The molecule has 0 amide bonds. The van der Waals surface area contributed by atoms with Gasteiger partial charge in [-0.15, -0.1) is 0 Å². The lowest BCUT2D eigenvalue weighted by atomic mass is 10.1. The van der Waals surface area contributed by atoms with Crippen LogP contribution in [0.3, 0.4) is 0 Å². The van der Waals surface area contributed by atoms with Gasteiger partial charge in [0.1, 0.15) is 5.65 Å². The second-order valence-electron chi connectivity index (χ2n) is 7.45. The second-order valence-corrected chi connectivity index (χ2v) is 7.45. The summed E-state index contributed by atoms with van der Waals surface area (Å²) >= 11 is 0. The Hall–Kier alpha value is -3.51. The number of imidazole rings is 1. The second kappa shape index (κ2) is 7.72. The molecule has 6 nitrogen and oxygen atoms in total. The molecule has 0 atom stereocenters. The van der Waals surface area contributed by atoms with Crippen LogP contribution in [0.25, 0.3) is 16.9 Å². The van der Waals surface area contributed by atoms with Crippen LogP contribution in [0.15, 0.2) is 66.9 Å². The summed E-state index contributed by atoms with van der Waals surface area (Å²) in [7, 11) is 0. The Morgan fingerprint density at radius 1 is 1.00 bits per heavy atom. The molecule has 2 aromatic carbocycles. The smallest absolute Gasteiger partial charge is 0.231 e. The third-order valence-corrected chi connectivity index (χ3v) is 5.46. The molecule has 0 aliphatic carbocycles. The van der Waals surface area contributed by atoms with E-state index in [2.05, 4.69) is 40.5 Å². The standard InChI is InChI=1S/C24H24N4O2/c1-2-27(13-17-6-4-3-5-7-17)15-20-24(26-23-11-9-19(25)14-28(20)23)18-8-10-21-22(12-18)30-16-29-21/h3-12,14H,2,13,15-16,25H2,1H3. The highest BCUT2D eigenvalue weighted by Gasteiger charge is 2.20. The van der Waals surface area contributed by atoms with Gasteiger partial charge in [-0.05, 0) is 42.4 Å². The average molecular weight is 400 g/mol. The first kappa shape index (κ1) is 18.5. The van der Waals surface area contributed by atoms with Gasteiger partial charge in [-0.3, -0.25) is 4.90 Å². The summed E-state index contributed by atoms with van der Waals surface area (Å²) in [5.41, 5.74) is 12.0. The molecule has 4 aromatic rings. The van der Waals surface area contributed by atoms with Crippen molar-refractivity contribution < 1.29 is 9.47 Å². The fourth-order valence-corrected chi connectivity index (χ4v) is 3.87. The van der Waals surface area contributed by atoms with Gasteiger partial charge < -0.3 is 19.6 Å². The van der Waals surface area contributed by atoms with E-state index in [-0.39, 0.29) is 6.79 Å². The Labute approximate surface area is 175 Å². The van der Waals surface area contributed by atoms with Gasteiger partial charge in [-0.2, -0.15) is 0 Å². The molecule has 0 saturated carbocycles. The molecule has 152 valence electrons. The molecule has 2 N–H and O–H groups in total. The summed E-state index contributed by atoms with van der Waals surface area (Å²) in [5, 5.41) is 0. The number of nitrogens with zero attached hydrogens (tertiary/aromatic N) is 3. The summed E-state index contributed by atoms with van der Waals surface area (Å²) in [6.45, 7) is 4.98. The summed E-state index contributed by atoms with van der Waals surface area (Å²) in [6.07, 6.45) is 1.95. The van der Waals surface area contributed by atoms with Crippen LogP contribution in [0.4, 0.5) is 5.69 Å². The number of nitrogen functional groups attached to an aromatic ring is 1. The lowest BCUT2D eigenvalue weighted by Crippen LogP contribution is -2.23. The van der Waals surface area contributed by atoms with Crippen LogP contribution in [-0.2, 0) is 13.1 Å². The van der Waals surface area contributed by atoms with Crippen LogP contribution in [0.2, 0.25) is 0 Å². The summed E-state index contributed by atoms with van der Waals surface area (Å²) < 4.78 is 13.2. The normalized spacial score (nSPS) is 12.7. The van der Waals surface area contributed by atoms with Crippen molar-refractivity contribution >= 4 is 11.3 Å². The third-order valence-electron chi connectivity index (χ3n) is 5.46. The van der Waals surface area contributed by atoms with E-state index in [0.29, 0.717) is 5.69 Å². The van der Waals surface area contributed by atoms with E-state index in [4.69, 9.17) is 20.2 Å². The van der Waals surface area contributed by atoms with Crippen molar-refractivity contribution in [1.29, 1.82) is 0 Å². The lowest BCUT2D eigenvalue weighted by Gasteiger charge is -2.21. The molecule has 1 aliphatic heterocycles. The molecule has 0 unspecified atom stereocenters. The van der Waals surface area contributed by atoms with Gasteiger partial charge in [-0.25, -0.2) is 4.98 Å². The predicted molar refractivity (Wildman–Crippen MR) is 117 cm³/mol. The topological polar surface area (TPSA) is 65.0 Å². The Balaban J connectivity index is 1.57. The number of anilines is 1. The van der Waals surface area contributed by atoms with Crippen molar-refractivity contribution in [3.63, 3.8) is 0 Å². The number of fused-ring (bicyclic) bond motifs is 2. The highest BCUT2D eigenvalue weighted by Crippen LogP contribution is 2.37. The number of hydrogen-bond acceptors (Lipinski definition) is 5. The van der Waals surface area contributed by atoms with Gasteiger partial charge >= 0.3 is 0 Å². The van der Waals surface area contributed by atoms with E-state index in [1.54, 1.807) is 0 Å². The molecule has 0 bridgehead atoms. The Morgan fingerprint density at radius 3 is 2.67 bits per heavy atom. The minimum absolute atomic E-state index is 0.258. The van der Waals surface area contributed by atoms with E-state index in [9.17, 15) is 0 Å². The molecule has 0 fully saturated rings. The first-order valence-corrected chi connectivity index (χ1v) is 10.1. The lowest BCUT2D eigenvalue weighted by molar-refractivity contribution is 0.174. The van der Waals surface area contributed by atoms with Gasteiger partial charge in [-0.1, -0.05) is 37.3 Å². The largest absolute Gasteiger partial charge is 0.454 e. The van der Waals surface area contributed by atoms with Crippen molar-refractivity contribution in [1.82, 2.24) is 14.3 Å². The zero-order valence-corrected chi connectivity index (χ0v) is 16.9.